The van der Waals surface area contributed by atoms with Gasteiger partial charge in [0, 0.05) is 36.8 Å². The van der Waals surface area contributed by atoms with Crippen molar-refractivity contribution < 1.29 is 9.53 Å². The molecule has 1 atom stereocenters. The second-order valence-corrected chi connectivity index (χ2v) is 7.22. The molecule has 2 saturated heterocycles. The minimum Gasteiger partial charge on any atom is -0.497 e. The zero-order valence-corrected chi connectivity index (χ0v) is 15.2. The first-order valence-electron chi connectivity index (χ1n) is 9.43. The van der Waals surface area contributed by atoms with Gasteiger partial charge in [-0.05, 0) is 43.5 Å². The first kappa shape index (κ1) is 17.1. The van der Waals surface area contributed by atoms with Crippen LogP contribution in [-0.4, -0.2) is 54.3 Å². The minimum absolute atomic E-state index is 0.172. The maximum Gasteiger partial charge on any atom is 0.227 e. The molecule has 0 bridgehead atoms. The van der Waals surface area contributed by atoms with E-state index in [9.17, 15) is 4.79 Å². The highest BCUT2D eigenvalue weighted by molar-refractivity contribution is 5.79. The first-order chi connectivity index (χ1) is 12.8. The molecule has 0 radical (unpaired) electrons. The largest absolute Gasteiger partial charge is 0.497 e. The minimum atomic E-state index is 0.172. The Morgan fingerprint density at radius 3 is 2.85 bits per heavy atom. The zero-order chi connectivity index (χ0) is 17.9. The van der Waals surface area contributed by atoms with Crippen molar-refractivity contribution in [2.24, 2.45) is 5.92 Å². The summed E-state index contributed by atoms with van der Waals surface area (Å²) in [6.45, 7) is 3.46. The summed E-state index contributed by atoms with van der Waals surface area (Å²) in [5, 5.41) is 10.8. The SMILES string of the molecule is COc1cccc(-c2cn[nH]c2C2CCN(C(=O)C3CCNC3)CC2)c1. The van der Waals surface area contributed by atoms with E-state index in [2.05, 4.69) is 26.5 Å². The molecule has 2 aromatic rings. The number of nitrogens with zero attached hydrogens (tertiary/aromatic N) is 2. The van der Waals surface area contributed by atoms with Gasteiger partial charge in [-0.25, -0.2) is 0 Å². The Morgan fingerprint density at radius 1 is 1.27 bits per heavy atom. The number of amides is 1. The summed E-state index contributed by atoms with van der Waals surface area (Å²) >= 11 is 0. The molecule has 2 aliphatic rings. The van der Waals surface area contributed by atoms with Crippen LogP contribution in [0.5, 0.6) is 5.75 Å². The van der Waals surface area contributed by atoms with E-state index < -0.39 is 0 Å². The Hall–Kier alpha value is -2.34. The van der Waals surface area contributed by atoms with Gasteiger partial charge in [0.15, 0.2) is 0 Å². The molecule has 0 aliphatic carbocycles. The molecule has 4 rings (SSSR count). The number of carbonyl (C=O) groups excluding carboxylic acids is 1. The van der Waals surface area contributed by atoms with Gasteiger partial charge in [0.2, 0.25) is 5.91 Å². The number of carbonyl (C=O) groups is 1. The van der Waals surface area contributed by atoms with E-state index in [1.54, 1.807) is 7.11 Å². The van der Waals surface area contributed by atoms with Crippen LogP contribution in [0, 0.1) is 5.92 Å². The number of hydrogen-bond donors (Lipinski definition) is 2. The van der Waals surface area contributed by atoms with Crippen molar-refractivity contribution in [3.8, 4) is 16.9 Å². The standard InChI is InChI=1S/C20H26N4O2/c1-26-17-4-2-3-15(11-17)18-13-22-23-19(18)14-6-9-24(10-7-14)20(25)16-5-8-21-12-16/h2-4,11,13-14,16,21H,5-10,12H2,1H3,(H,22,23). The lowest BCUT2D eigenvalue weighted by molar-refractivity contribution is -0.136. The summed E-state index contributed by atoms with van der Waals surface area (Å²) in [6, 6.07) is 8.08. The molecule has 3 heterocycles. The Labute approximate surface area is 153 Å². The number of benzene rings is 1. The van der Waals surface area contributed by atoms with E-state index >= 15 is 0 Å². The normalized spacial score (nSPS) is 21.1. The second-order valence-electron chi connectivity index (χ2n) is 7.22. The number of nitrogens with one attached hydrogen (secondary N) is 2. The third-order valence-corrected chi connectivity index (χ3v) is 5.67. The van der Waals surface area contributed by atoms with E-state index in [0.29, 0.717) is 11.8 Å². The van der Waals surface area contributed by atoms with Gasteiger partial charge in [0.05, 0.1) is 19.2 Å². The van der Waals surface area contributed by atoms with E-state index in [4.69, 9.17) is 4.74 Å². The summed E-state index contributed by atoms with van der Waals surface area (Å²) in [6.07, 6.45) is 4.82. The number of H-pyrrole nitrogens is 1. The van der Waals surface area contributed by atoms with Gasteiger partial charge in [-0.2, -0.15) is 5.10 Å². The van der Waals surface area contributed by atoms with Gasteiger partial charge < -0.3 is 15.0 Å². The lowest BCUT2D eigenvalue weighted by Gasteiger charge is -2.33. The molecule has 2 aliphatic heterocycles. The quantitative estimate of drug-likeness (QED) is 0.885. The van der Waals surface area contributed by atoms with Crippen LogP contribution < -0.4 is 10.1 Å². The van der Waals surface area contributed by atoms with Gasteiger partial charge >= 0.3 is 0 Å². The Kier molecular flexibility index (Phi) is 4.93. The number of hydrogen-bond acceptors (Lipinski definition) is 4. The van der Waals surface area contributed by atoms with Crippen molar-refractivity contribution in [3.05, 3.63) is 36.2 Å². The van der Waals surface area contributed by atoms with E-state index in [0.717, 1.165) is 62.3 Å². The Morgan fingerprint density at radius 2 is 2.12 bits per heavy atom. The first-order valence-corrected chi connectivity index (χ1v) is 9.43. The summed E-state index contributed by atoms with van der Waals surface area (Å²) in [4.78, 5) is 14.7. The van der Waals surface area contributed by atoms with Gasteiger partial charge in [0.1, 0.15) is 5.75 Å². The molecule has 0 spiro atoms. The van der Waals surface area contributed by atoms with Crippen LogP contribution in [0.4, 0.5) is 0 Å². The topological polar surface area (TPSA) is 70.2 Å². The molecule has 1 amide bonds. The van der Waals surface area contributed by atoms with Crippen LogP contribution in [0.25, 0.3) is 11.1 Å². The highest BCUT2D eigenvalue weighted by atomic mass is 16.5. The zero-order valence-electron chi connectivity index (χ0n) is 15.2. The van der Waals surface area contributed by atoms with E-state index in [-0.39, 0.29) is 5.92 Å². The van der Waals surface area contributed by atoms with Gasteiger partial charge in [0.25, 0.3) is 0 Å². The average molecular weight is 354 g/mol. The van der Waals surface area contributed by atoms with Crippen LogP contribution >= 0.6 is 0 Å². The number of likely N-dealkylation sites (tertiary alicyclic amines) is 1. The summed E-state index contributed by atoms with van der Waals surface area (Å²) in [5.41, 5.74) is 3.42. The molecule has 138 valence electrons. The van der Waals surface area contributed by atoms with Crippen molar-refractivity contribution in [2.75, 3.05) is 33.3 Å². The monoisotopic (exact) mass is 354 g/mol. The highest BCUT2D eigenvalue weighted by Crippen LogP contribution is 2.35. The molecule has 0 saturated carbocycles. The number of piperidine rings is 1. The highest BCUT2D eigenvalue weighted by Gasteiger charge is 2.31. The maximum atomic E-state index is 12.6. The van der Waals surface area contributed by atoms with Crippen LogP contribution in [0.3, 0.4) is 0 Å². The maximum absolute atomic E-state index is 12.6. The van der Waals surface area contributed by atoms with Crippen LogP contribution in [0.15, 0.2) is 30.5 Å². The van der Waals surface area contributed by atoms with E-state index in [1.165, 1.54) is 5.69 Å². The van der Waals surface area contributed by atoms with Gasteiger partial charge in [-0.1, -0.05) is 12.1 Å². The molecular weight excluding hydrogens is 328 g/mol. The van der Waals surface area contributed by atoms with Gasteiger partial charge in [-0.15, -0.1) is 0 Å². The fourth-order valence-electron chi connectivity index (χ4n) is 4.14. The third-order valence-electron chi connectivity index (χ3n) is 5.67. The number of ether oxygens (including phenoxy) is 1. The molecule has 1 aromatic carbocycles. The molecule has 6 nitrogen and oxygen atoms in total. The fourth-order valence-corrected chi connectivity index (χ4v) is 4.14. The molecule has 2 N–H and O–H groups in total. The smallest absolute Gasteiger partial charge is 0.227 e. The third kappa shape index (κ3) is 3.33. The van der Waals surface area contributed by atoms with Crippen LogP contribution in [-0.2, 0) is 4.79 Å². The Balaban J connectivity index is 1.45. The lowest BCUT2D eigenvalue weighted by Crippen LogP contribution is -2.42. The predicted octanol–water partition coefficient (Wildman–Crippen LogP) is 2.40. The van der Waals surface area contributed by atoms with Gasteiger partial charge in [-0.3, -0.25) is 9.89 Å². The number of aromatic amines is 1. The van der Waals surface area contributed by atoms with Crippen molar-refractivity contribution in [3.63, 3.8) is 0 Å². The number of aromatic nitrogens is 2. The molecule has 1 aromatic heterocycles. The second kappa shape index (κ2) is 7.50. The van der Waals surface area contributed by atoms with Crippen LogP contribution in [0.1, 0.15) is 30.9 Å². The molecule has 6 heteroatoms. The van der Waals surface area contributed by atoms with Crippen molar-refractivity contribution >= 4 is 5.91 Å². The van der Waals surface area contributed by atoms with Crippen LogP contribution in [0.2, 0.25) is 0 Å². The van der Waals surface area contributed by atoms with Crippen molar-refractivity contribution in [1.29, 1.82) is 0 Å². The summed E-state index contributed by atoms with van der Waals surface area (Å²) in [5.74, 6) is 1.75. The van der Waals surface area contributed by atoms with Crippen molar-refractivity contribution in [2.45, 2.75) is 25.2 Å². The average Bonchev–Trinajstić information content (AvgIpc) is 3.39. The summed E-state index contributed by atoms with van der Waals surface area (Å²) < 4.78 is 5.35. The number of rotatable bonds is 4. The Bertz CT molecular complexity index is 759. The predicted molar refractivity (Wildman–Crippen MR) is 100 cm³/mol. The molecule has 2 fully saturated rings. The molecule has 26 heavy (non-hydrogen) atoms. The lowest BCUT2D eigenvalue weighted by atomic mass is 9.89. The molecular formula is C20H26N4O2. The van der Waals surface area contributed by atoms with E-state index in [1.807, 2.05) is 24.4 Å². The number of methoxy groups -OCH3 is 1. The molecule has 1 unspecified atom stereocenters. The summed E-state index contributed by atoms with van der Waals surface area (Å²) in [7, 11) is 1.68. The van der Waals surface area contributed by atoms with Crippen molar-refractivity contribution in [1.82, 2.24) is 20.4 Å². The fraction of sp³-hybridized carbons (Fsp3) is 0.500.